The van der Waals surface area contributed by atoms with Crippen LogP contribution in [0.3, 0.4) is 0 Å². The van der Waals surface area contributed by atoms with Crippen LogP contribution in [0, 0.1) is 0 Å². The van der Waals surface area contributed by atoms with Gasteiger partial charge in [-0.2, -0.15) is 0 Å². The first-order valence-corrected chi connectivity index (χ1v) is 8.23. The number of hydrogen-bond donors (Lipinski definition) is 0. The molecule has 2 aromatic carbocycles. The van der Waals surface area contributed by atoms with Gasteiger partial charge in [0.1, 0.15) is 28.2 Å². The Morgan fingerprint density at radius 3 is 2.09 bits per heavy atom. The molecule has 0 radical (unpaired) electrons. The van der Waals surface area contributed by atoms with E-state index in [1.54, 1.807) is 0 Å². The molecule has 0 fully saturated rings. The van der Waals surface area contributed by atoms with Gasteiger partial charge in [0.25, 0.3) is 0 Å². The van der Waals surface area contributed by atoms with Crippen LogP contribution >= 0.6 is 34.5 Å². The number of para-hydroxylation sites is 1. The van der Waals surface area contributed by atoms with Gasteiger partial charge in [0.05, 0.1) is 5.02 Å². The van der Waals surface area contributed by atoms with Gasteiger partial charge in [-0.05, 0) is 36.4 Å². The van der Waals surface area contributed by atoms with E-state index in [2.05, 4.69) is 0 Å². The molecular formula is C17H12Cl2O2S. The van der Waals surface area contributed by atoms with E-state index < -0.39 is 0 Å². The lowest BCUT2D eigenvalue weighted by Crippen LogP contribution is -1.94. The maximum absolute atomic E-state index is 6.07. The Labute approximate surface area is 142 Å². The summed E-state index contributed by atoms with van der Waals surface area (Å²) in [6, 6.07) is 17.1. The number of halogens is 2. The van der Waals surface area contributed by atoms with Crippen molar-refractivity contribution in [3.63, 3.8) is 0 Å². The molecule has 0 saturated carbocycles. The highest BCUT2D eigenvalue weighted by Gasteiger charge is 2.08. The van der Waals surface area contributed by atoms with Crippen LogP contribution in [0.4, 0.5) is 0 Å². The van der Waals surface area contributed by atoms with Gasteiger partial charge in [0.15, 0.2) is 0 Å². The Kier molecular flexibility index (Phi) is 4.88. The minimum atomic E-state index is 0.390. The predicted octanol–water partition coefficient (Wildman–Crippen LogP) is 6.43. The van der Waals surface area contributed by atoms with Gasteiger partial charge >= 0.3 is 0 Å². The van der Waals surface area contributed by atoms with Gasteiger partial charge in [0.2, 0.25) is 0 Å². The van der Waals surface area contributed by atoms with Crippen LogP contribution in [0.25, 0.3) is 0 Å². The summed E-state index contributed by atoms with van der Waals surface area (Å²) in [6.45, 7) is 0.390. The minimum absolute atomic E-state index is 0.390. The fourth-order valence-corrected chi connectivity index (χ4v) is 3.07. The molecule has 0 aliphatic rings. The molecule has 0 aliphatic heterocycles. The number of rotatable bonds is 5. The summed E-state index contributed by atoms with van der Waals surface area (Å²) in [6.07, 6.45) is 0. The maximum atomic E-state index is 6.07. The highest BCUT2D eigenvalue weighted by molar-refractivity contribution is 7.15. The second-order valence-corrected chi connectivity index (χ2v) is 6.38. The molecular weight excluding hydrogens is 339 g/mol. The number of benzene rings is 2. The molecule has 0 atom stereocenters. The average Bonchev–Trinajstić information content (AvgIpc) is 2.87. The van der Waals surface area contributed by atoms with Crippen LogP contribution in [0.2, 0.25) is 9.36 Å². The number of thiophene rings is 1. The van der Waals surface area contributed by atoms with Crippen molar-refractivity contribution in [2.24, 2.45) is 0 Å². The highest BCUT2D eigenvalue weighted by atomic mass is 35.5. The molecule has 1 heterocycles. The predicted molar refractivity (Wildman–Crippen MR) is 91.6 cm³/mol. The Morgan fingerprint density at radius 1 is 0.818 bits per heavy atom. The third-order valence-corrected chi connectivity index (χ3v) is 4.87. The lowest BCUT2D eigenvalue weighted by atomic mass is 10.3. The zero-order valence-electron chi connectivity index (χ0n) is 11.5. The van der Waals surface area contributed by atoms with E-state index in [0.29, 0.717) is 16.0 Å². The van der Waals surface area contributed by atoms with Crippen molar-refractivity contribution in [1.82, 2.24) is 0 Å². The number of hydrogen-bond acceptors (Lipinski definition) is 3. The van der Waals surface area contributed by atoms with Crippen molar-refractivity contribution in [3.05, 3.63) is 74.9 Å². The summed E-state index contributed by atoms with van der Waals surface area (Å²) < 4.78 is 12.0. The molecule has 3 aromatic rings. The van der Waals surface area contributed by atoms with Gasteiger partial charge in [-0.15, -0.1) is 11.3 Å². The first-order valence-electron chi connectivity index (χ1n) is 6.59. The normalized spacial score (nSPS) is 10.5. The second kappa shape index (κ2) is 7.05. The van der Waals surface area contributed by atoms with Gasteiger partial charge < -0.3 is 9.47 Å². The van der Waals surface area contributed by atoms with Crippen molar-refractivity contribution in [2.45, 2.75) is 6.61 Å². The monoisotopic (exact) mass is 350 g/mol. The lowest BCUT2D eigenvalue weighted by molar-refractivity contribution is 0.306. The molecule has 0 spiro atoms. The van der Waals surface area contributed by atoms with Gasteiger partial charge in [-0.1, -0.05) is 41.4 Å². The van der Waals surface area contributed by atoms with E-state index in [-0.39, 0.29) is 0 Å². The molecule has 0 saturated heterocycles. The van der Waals surface area contributed by atoms with Gasteiger partial charge in [-0.3, -0.25) is 0 Å². The van der Waals surface area contributed by atoms with Crippen LogP contribution in [-0.4, -0.2) is 0 Å². The summed E-state index contributed by atoms with van der Waals surface area (Å²) in [4.78, 5) is 0. The molecule has 0 N–H and O–H groups in total. The molecule has 5 heteroatoms. The largest absolute Gasteiger partial charge is 0.489 e. The van der Waals surface area contributed by atoms with E-state index in [1.165, 1.54) is 11.3 Å². The van der Waals surface area contributed by atoms with E-state index in [9.17, 15) is 0 Å². The van der Waals surface area contributed by atoms with Crippen LogP contribution in [-0.2, 0) is 6.61 Å². The fraction of sp³-hybridized carbons (Fsp3) is 0.0588. The standard InChI is InChI=1S/C17H12Cl2O2S/c18-16-12(11-22-17(16)19)10-20-13-6-8-15(9-7-13)21-14-4-2-1-3-5-14/h1-9,11H,10H2. The SMILES string of the molecule is Clc1scc(COc2ccc(Oc3ccccc3)cc2)c1Cl. The Balaban J connectivity index is 1.61. The molecule has 2 nitrogen and oxygen atoms in total. The summed E-state index contributed by atoms with van der Waals surface area (Å²) in [5, 5.41) is 2.47. The van der Waals surface area contributed by atoms with E-state index in [0.717, 1.165) is 22.8 Å². The summed E-state index contributed by atoms with van der Waals surface area (Å²) in [7, 11) is 0. The summed E-state index contributed by atoms with van der Waals surface area (Å²) in [5.74, 6) is 2.31. The Morgan fingerprint density at radius 2 is 1.45 bits per heavy atom. The first kappa shape index (κ1) is 15.2. The lowest BCUT2D eigenvalue weighted by Gasteiger charge is -2.08. The average molecular weight is 351 g/mol. The van der Waals surface area contributed by atoms with Crippen molar-refractivity contribution in [3.8, 4) is 17.2 Å². The van der Waals surface area contributed by atoms with Crippen LogP contribution < -0.4 is 9.47 Å². The first-order chi connectivity index (χ1) is 10.7. The summed E-state index contributed by atoms with van der Waals surface area (Å²) in [5.41, 5.74) is 0.890. The maximum Gasteiger partial charge on any atom is 0.127 e. The third-order valence-electron chi connectivity index (χ3n) is 2.96. The van der Waals surface area contributed by atoms with E-state index >= 15 is 0 Å². The molecule has 0 aliphatic carbocycles. The van der Waals surface area contributed by atoms with Gasteiger partial charge in [0, 0.05) is 10.9 Å². The molecule has 1 aromatic heterocycles. The smallest absolute Gasteiger partial charge is 0.127 e. The fourth-order valence-electron chi connectivity index (χ4n) is 1.84. The molecule has 0 amide bonds. The van der Waals surface area contributed by atoms with Crippen molar-refractivity contribution in [2.75, 3.05) is 0 Å². The Hall–Kier alpha value is -1.68. The van der Waals surface area contributed by atoms with Gasteiger partial charge in [-0.25, -0.2) is 0 Å². The topological polar surface area (TPSA) is 18.5 Å². The van der Waals surface area contributed by atoms with Crippen molar-refractivity contribution >= 4 is 34.5 Å². The molecule has 0 bridgehead atoms. The van der Waals surface area contributed by atoms with Crippen molar-refractivity contribution in [1.29, 1.82) is 0 Å². The second-order valence-electron chi connectivity index (χ2n) is 4.52. The van der Waals surface area contributed by atoms with Crippen LogP contribution in [0.5, 0.6) is 17.2 Å². The summed E-state index contributed by atoms with van der Waals surface area (Å²) >= 11 is 13.4. The number of ether oxygens (including phenoxy) is 2. The molecule has 0 unspecified atom stereocenters. The zero-order valence-corrected chi connectivity index (χ0v) is 13.8. The molecule has 112 valence electrons. The molecule has 22 heavy (non-hydrogen) atoms. The van der Waals surface area contributed by atoms with Crippen LogP contribution in [0.1, 0.15) is 5.56 Å². The van der Waals surface area contributed by atoms with Crippen molar-refractivity contribution < 1.29 is 9.47 Å². The van der Waals surface area contributed by atoms with E-state index in [4.69, 9.17) is 32.7 Å². The molecule has 3 rings (SSSR count). The Bertz CT molecular complexity index is 739. The quantitative estimate of drug-likeness (QED) is 0.528. The van der Waals surface area contributed by atoms with E-state index in [1.807, 2.05) is 60.0 Å². The third kappa shape index (κ3) is 3.74. The van der Waals surface area contributed by atoms with Crippen LogP contribution in [0.15, 0.2) is 60.0 Å². The highest BCUT2D eigenvalue weighted by Crippen LogP contribution is 2.33. The zero-order chi connectivity index (χ0) is 15.4. The minimum Gasteiger partial charge on any atom is -0.489 e.